The molecule has 1 aromatic carbocycles. The molecular weight excluding hydrogens is 280 g/mol. The highest BCUT2D eigenvalue weighted by atomic mass is 16.6. The van der Waals surface area contributed by atoms with E-state index < -0.39 is 9.85 Å². The van der Waals surface area contributed by atoms with Crippen LogP contribution in [0.2, 0.25) is 0 Å². The number of nitrogen functional groups attached to an aromatic ring is 1. The minimum absolute atomic E-state index is 0.0641. The fourth-order valence-corrected chi connectivity index (χ4v) is 1.67. The van der Waals surface area contributed by atoms with E-state index in [4.69, 9.17) is 10.5 Å². The molecule has 0 radical (unpaired) electrons. The number of anilines is 1. The number of hydrogen-bond donors (Lipinski definition) is 1. The molecule has 0 bridgehead atoms. The van der Waals surface area contributed by atoms with Gasteiger partial charge in [-0.2, -0.15) is 4.98 Å². The molecule has 9 nitrogen and oxygen atoms in total. The van der Waals surface area contributed by atoms with Gasteiger partial charge in [-0.15, -0.1) is 0 Å². The van der Waals surface area contributed by atoms with Gasteiger partial charge in [-0.1, -0.05) is 0 Å². The first-order valence-corrected chi connectivity index (χ1v) is 5.72. The number of aromatic nitrogens is 1. The predicted molar refractivity (Wildman–Crippen MR) is 73.2 cm³/mol. The van der Waals surface area contributed by atoms with Crippen LogP contribution in [0.1, 0.15) is 5.56 Å². The van der Waals surface area contributed by atoms with Crippen LogP contribution in [-0.2, 0) is 0 Å². The van der Waals surface area contributed by atoms with Gasteiger partial charge in [0.25, 0.3) is 5.69 Å². The predicted octanol–water partition coefficient (Wildman–Crippen LogP) is 2.58. The number of aryl methyl sites for hydroxylation is 1. The molecule has 0 aliphatic rings. The summed E-state index contributed by atoms with van der Waals surface area (Å²) in [7, 11) is 0. The molecule has 0 unspecified atom stereocenters. The summed E-state index contributed by atoms with van der Waals surface area (Å²) in [5.41, 5.74) is 5.42. The summed E-state index contributed by atoms with van der Waals surface area (Å²) in [6, 6.07) is 6.44. The monoisotopic (exact) mass is 290 g/mol. The lowest BCUT2D eigenvalue weighted by atomic mass is 10.2. The standard InChI is InChI=1S/C12H10N4O5/c1-7-6-8(2-3-9(7)15(17)18)21-12-10(16(19)20)4-5-11(13)14-12/h2-6H,1H3,(H2,13,14). The lowest BCUT2D eigenvalue weighted by Gasteiger charge is -2.06. The molecule has 1 aromatic heterocycles. The van der Waals surface area contributed by atoms with Gasteiger partial charge in [0.2, 0.25) is 0 Å². The quantitative estimate of drug-likeness (QED) is 0.675. The Morgan fingerprint density at radius 3 is 2.29 bits per heavy atom. The summed E-state index contributed by atoms with van der Waals surface area (Å²) in [6.07, 6.45) is 0. The van der Waals surface area contributed by atoms with E-state index in [1.54, 1.807) is 0 Å². The van der Waals surface area contributed by atoms with Crippen LogP contribution < -0.4 is 10.5 Å². The van der Waals surface area contributed by atoms with Crippen LogP contribution in [0, 0.1) is 27.2 Å². The van der Waals surface area contributed by atoms with Crippen molar-refractivity contribution in [2.24, 2.45) is 0 Å². The minimum Gasteiger partial charge on any atom is -0.434 e. The zero-order valence-corrected chi connectivity index (χ0v) is 10.8. The number of nitrogens with zero attached hydrogens (tertiary/aromatic N) is 3. The number of benzene rings is 1. The molecule has 0 aliphatic heterocycles. The Labute approximate surface area is 118 Å². The molecule has 0 fully saturated rings. The first-order valence-electron chi connectivity index (χ1n) is 5.72. The van der Waals surface area contributed by atoms with Crippen LogP contribution in [-0.4, -0.2) is 14.8 Å². The SMILES string of the molecule is Cc1cc(Oc2nc(N)ccc2[N+](=O)[O-])ccc1[N+](=O)[O-]. The number of nitro benzene ring substituents is 1. The molecule has 2 aromatic rings. The molecule has 0 saturated heterocycles. The zero-order chi connectivity index (χ0) is 15.6. The lowest BCUT2D eigenvalue weighted by molar-refractivity contribution is -0.386. The second-order valence-corrected chi connectivity index (χ2v) is 4.12. The van der Waals surface area contributed by atoms with Crippen LogP contribution in [0.25, 0.3) is 0 Å². The molecular formula is C12H10N4O5. The first kappa shape index (κ1) is 14.2. The van der Waals surface area contributed by atoms with Gasteiger partial charge in [-0.05, 0) is 25.1 Å². The van der Waals surface area contributed by atoms with Crippen LogP contribution >= 0.6 is 0 Å². The van der Waals surface area contributed by atoms with Crippen molar-refractivity contribution in [3.05, 3.63) is 56.1 Å². The Kier molecular flexibility index (Phi) is 3.65. The second-order valence-electron chi connectivity index (χ2n) is 4.12. The highest BCUT2D eigenvalue weighted by Crippen LogP contribution is 2.32. The maximum atomic E-state index is 10.9. The van der Waals surface area contributed by atoms with Crippen molar-refractivity contribution in [3.63, 3.8) is 0 Å². The van der Waals surface area contributed by atoms with E-state index in [1.165, 1.54) is 37.3 Å². The van der Waals surface area contributed by atoms with E-state index in [1.807, 2.05) is 0 Å². The summed E-state index contributed by atoms with van der Waals surface area (Å²) < 4.78 is 5.31. The molecule has 9 heteroatoms. The summed E-state index contributed by atoms with van der Waals surface area (Å²) in [4.78, 5) is 24.2. The van der Waals surface area contributed by atoms with E-state index in [0.29, 0.717) is 5.56 Å². The van der Waals surface area contributed by atoms with Gasteiger partial charge in [0.05, 0.1) is 9.85 Å². The molecule has 2 N–H and O–H groups in total. The lowest BCUT2D eigenvalue weighted by Crippen LogP contribution is -1.99. The Balaban J connectivity index is 2.38. The van der Waals surface area contributed by atoms with Crippen molar-refractivity contribution in [2.45, 2.75) is 6.92 Å². The summed E-state index contributed by atoms with van der Waals surface area (Å²) in [5.74, 6) is -0.0122. The molecule has 0 saturated carbocycles. The largest absolute Gasteiger partial charge is 0.434 e. The maximum Gasteiger partial charge on any atom is 0.331 e. The third-order valence-electron chi connectivity index (χ3n) is 2.64. The van der Waals surface area contributed by atoms with Gasteiger partial charge >= 0.3 is 11.6 Å². The van der Waals surface area contributed by atoms with Crippen molar-refractivity contribution in [1.29, 1.82) is 0 Å². The van der Waals surface area contributed by atoms with E-state index in [0.717, 1.165) is 0 Å². The zero-order valence-electron chi connectivity index (χ0n) is 10.8. The molecule has 21 heavy (non-hydrogen) atoms. The average Bonchev–Trinajstić information content (AvgIpc) is 2.37. The van der Waals surface area contributed by atoms with Gasteiger partial charge in [0.15, 0.2) is 0 Å². The first-order chi connectivity index (χ1) is 9.88. The number of hydrogen-bond acceptors (Lipinski definition) is 7. The molecule has 0 atom stereocenters. The fourth-order valence-electron chi connectivity index (χ4n) is 1.67. The van der Waals surface area contributed by atoms with Crippen LogP contribution in [0.15, 0.2) is 30.3 Å². The summed E-state index contributed by atoms with van der Waals surface area (Å²) in [6.45, 7) is 1.53. The molecule has 0 spiro atoms. The Bertz CT molecular complexity index is 732. The average molecular weight is 290 g/mol. The maximum absolute atomic E-state index is 10.9. The van der Waals surface area contributed by atoms with Gasteiger partial charge in [0, 0.05) is 17.7 Å². The number of pyridine rings is 1. The molecule has 0 amide bonds. The van der Waals surface area contributed by atoms with E-state index in [2.05, 4.69) is 4.98 Å². The van der Waals surface area contributed by atoms with Crippen LogP contribution in [0.4, 0.5) is 17.2 Å². The van der Waals surface area contributed by atoms with Crippen LogP contribution in [0.5, 0.6) is 11.6 Å². The topological polar surface area (TPSA) is 134 Å². The highest BCUT2D eigenvalue weighted by molar-refractivity contribution is 5.50. The molecule has 108 valence electrons. The van der Waals surface area contributed by atoms with Gasteiger partial charge < -0.3 is 10.5 Å². The van der Waals surface area contributed by atoms with Gasteiger partial charge in [-0.3, -0.25) is 20.2 Å². The molecule has 1 heterocycles. The van der Waals surface area contributed by atoms with Crippen molar-refractivity contribution in [2.75, 3.05) is 5.73 Å². The van der Waals surface area contributed by atoms with Crippen LogP contribution in [0.3, 0.4) is 0 Å². The van der Waals surface area contributed by atoms with E-state index in [9.17, 15) is 20.2 Å². The van der Waals surface area contributed by atoms with Crippen molar-refractivity contribution in [3.8, 4) is 11.6 Å². The fraction of sp³-hybridized carbons (Fsp3) is 0.0833. The minimum atomic E-state index is -0.653. The highest BCUT2D eigenvalue weighted by Gasteiger charge is 2.19. The number of nitro groups is 2. The third kappa shape index (κ3) is 3.03. The Morgan fingerprint density at radius 1 is 1.10 bits per heavy atom. The summed E-state index contributed by atoms with van der Waals surface area (Å²) >= 11 is 0. The molecule has 2 rings (SSSR count). The Hall–Kier alpha value is -3.23. The number of nitrogens with two attached hydrogens (primary N) is 1. The Morgan fingerprint density at radius 2 is 1.71 bits per heavy atom. The number of rotatable bonds is 4. The van der Waals surface area contributed by atoms with E-state index >= 15 is 0 Å². The van der Waals surface area contributed by atoms with Crippen molar-refractivity contribution < 1.29 is 14.6 Å². The molecule has 0 aliphatic carbocycles. The smallest absolute Gasteiger partial charge is 0.331 e. The van der Waals surface area contributed by atoms with Crippen molar-refractivity contribution in [1.82, 2.24) is 4.98 Å². The normalized spacial score (nSPS) is 10.1. The van der Waals surface area contributed by atoms with Crippen molar-refractivity contribution >= 4 is 17.2 Å². The number of ether oxygens (including phenoxy) is 1. The summed E-state index contributed by atoms with van der Waals surface area (Å²) in [5, 5.41) is 21.6. The second kappa shape index (κ2) is 5.41. The van der Waals surface area contributed by atoms with Gasteiger partial charge in [0.1, 0.15) is 11.6 Å². The third-order valence-corrected chi connectivity index (χ3v) is 2.64. The van der Waals surface area contributed by atoms with Gasteiger partial charge in [-0.25, -0.2) is 0 Å². The van der Waals surface area contributed by atoms with E-state index in [-0.39, 0.29) is 28.8 Å².